The number of carbonyl (C=O) groups excluding carboxylic acids is 1. The van der Waals surface area contributed by atoms with E-state index in [1.54, 1.807) is 30.3 Å². The highest BCUT2D eigenvalue weighted by molar-refractivity contribution is 7.91. The Morgan fingerprint density at radius 1 is 1.07 bits per heavy atom. The molecular formula is C19H21NO6S. The fraction of sp³-hybridized carbons (Fsp3) is 0.263. The fourth-order valence-corrected chi connectivity index (χ4v) is 4.05. The van der Waals surface area contributed by atoms with Gasteiger partial charge < -0.3 is 15.2 Å². The second-order valence-electron chi connectivity index (χ2n) is 6.05. The van der Waals surface area contributed by atoms with Crippen molar-refractivity contribution in [3.05, 3.63) is 60.2 Å². The summed E-state index contributed by atoms with van der Waals surface area (Å²) in [6.07, 6.45) is 0. The first-order chi connectivity index (χ1) is 12.7. The first-order valence-electron chi connectivity index (χ1n) is 8.19. The molecule has 2 aromatic carbocycles. The number of benzene rings is 2. The normalized spacial score (nSPS) is 13.4. The van der Waals surface area contributed by atoms with Crippen LogP contribution in [0.2, 0.25) is 0 Å². The number of ether oxygens (including phenoxy) is 1. The average molecular weight is 391 g/mol. The van der Waals surface area contributed by atoms with Crippen LogP contribution < -0.4 is 10.1 Å². The zero-order valence-electron chi connectivity index (χ0n) is 15.0. The molecule has 0 saturated carbocycles. The predicted molar refractivity (Wildman–Crippen MR) is 99.2 cm³/mol. The van der Waals surface area contributed by atoms with Crippen LogP contribution >= 0.6 is 0 Å². The number of amides is 1. The largest absolute Gasteiger partial charge is 0.497 e. The molecule has 0 radical (unpaired) electrons. The van der Waals surface area contributed by atoms with Crippen LogP contribution in [0.3, 0.4) is 0 Å². The third-order valence-electron chi connectivity index (χ3n) is 4.00. The molecule has 2 rings (SSSR count). The minimum Gasteiger partial charge on any atom is -0.497 e. The van der Waals surface area contributed by atoms with E-state index in [2.05, 4.69) is 5.32 Å². The van der Waals surface area contributed by atoms with Crippen molar-refractivity contribution in [2.75, 3.05) is 12.9 Å². The molecule has 1 unspecified atom stereocenters. The first kappa shape index (κ1) is 20.4. The lowest BCUT2D eigenvalue weighted by Gasteiger charge is -2.18. The summed E-state index contributed by atoms with van der Waals surface area (Å²) in [7, 11) is -2.24. The lowest BCUT2D eigenvalue weighted by Crippen LogP contribution is -2.39. The smallest absolute Gasteiger partial charge is 0.330 e. The SMILES string of the molecule is COc1ccc(S(=O)(=O)CC(C)C(=O)N[C@H](C(=O)O)c2ccccc2)cc1. The monoisotopic (exact) mass is 391 g/mol. The van der Waals surface area contributed by atoms with Crippen molar-refractivity contribution in [3.8, 4) is 5.75 Å². The number of hydrogen-bond donors (Lipinski definition) is 2. The predicted octanol–water partition coefficient (Wildman–Crippen LogP) is 2.05. The van der Waals surface area contributed by atoms with Gasteiger partial charge in [0.1, 0.15) is 5.75 Å². The molecule has 0 aromatic heterocycles. The maximum absolute atomic E-state index is 12.5. The highest BCUT2D eigenvalue weighted by atomic mass is 32.2. The third-order valence-corrected chi connectivity index (χ3v) is 5.93. The lowest BCUT2D eigenvalue weighted by molar-refractivity contribution is -0.142. The van der Waals surface area contributed by atoms with Crippen LogP contribution in [0.5, 0.6) is 5.75 Å². The summed E-state index contributed by atoms with van der Waals surface area (Å²) >= 11 is 0. The number of carboxylic acids is 1. The van der Waals surface area contributed by atoms with Gasteiger partial charge in [-0.15, -0.1) is 0 Å². The molecule has 8 heteroatoms. The van der Waals surface area contributed by atoms with Gasteiger partial charge in [0.05, 0.1) is 17.8 Å². The van der Waals surface area contributed by atoms with Gasteiger partial charge in [0.25, 0.3) is 0 Å². The van der Waals surface area contributed by atoms with Crippen molar-refractivity contribution in [1.29, 1.82) is 0 Å². The summed E-state index contributed by atoms with van der Waals surface area (Å²) in [4.78, 5) is 23.9. The van der Waals surface area contributed by atoms with E-state index in [0.717, 1.165) is 0 Å². The van der Waals surface area contributed by atoms with E-state index >= 15 is 0 Å². The number of nitrogens with one attached hydrogen (secondary N) is 1. The number of carboxylic acid groups (broad SMARTS) is 1. The van der Waals surface area contributed by atoms with Gasteiger partial charge in [0.15, 0.2) is 15.9 Å². The molecule has 27 heavy (non-hydrogen) atoms. The van der Waals surface area contributed by atoms with Crippen LogP contribution in [0.25, 0.3) is 0 Å². The molecule has 2 N–H and O–H groups in total. The Morgan fingerprint density at radius 3 is 2.19 bits per heavy atom. The third kappa shape index (κ3) is 5.30. The molecule has 0 saturated heterocycles. The minimum absolute atomic E-state index is 0.0702. The lowest BCUT2D eigenvalue weighted by atomic mass is 10.1. The van der Waals surface area contributed by atoms with Crippen molar-refractivity contribution >= 4 is 21.7 Å². The number of hydrogen-bond acceptors (Lipinski definition) is 5. The van der Waals surface area contributed by atoms with E-state index in [4.69, 9.17) is 4.74 Å². The van der Waals surface area contributed by atoms with Crippen LogP contribution in [-0.4, -0.2) is 38.3 Å². The zero-order chi connectivity index (χ0) is 20.0. The molecule has 0 aliphatic rings. The molecule has 2 atom stereocenters. The van der Waals surface area contributed by atoms with Crippen LogP contribution in [0, 0.1) is 5.92 Å². The molecule has 2 aromatic rings. The maximum atomic E-state index is 12.5. The molecule has 0 heterocycles. The van der Waals surface area contributed by atoms with Crippen LogP contribution in [0.1, 0.15) is 18.5 Å². The van der Waals surface area contributed by atoms with Gasteiger partial charge in [-0.25, -0.2) is 13.2 Å². The zero-order valence-corrected chi connectivity index (χ0v) is 15.8. The Labute approximate surface area is 157 Å². The van der Waals surface area contributed by atoms with Gasteiger partial charge in [0, 0.05) is 5.92 Å². The van der Waals surface area contributed by atoms with Crippen molar-refractivity contribution < 1.29 is 27.9 Å². The van der Waals surface area contributed by atoms with E-state index in [-0.39, 0.29) is 4.90 Å². The standard InChI is InChI=1S/C19H21NO6S/c1-13(12-27(24,25)16-10-8-15(26-2)9-11-16)18(21)20-17(19(22)23)14-6-4-3-5-7-14/h3-11,13,17H,12H2,1-2H3,(H,20,21)(H,22,23)/t13?,17-/m0/s1. The number of carbonyl (C=O) groups is 2. The van der Waals surface area contributed by atoms with E-state index in [9.17, 15) is 23.1 Å². The Kier molecular flexibility index (Phi) is 6.57. The molecule has 7 nitrogen and oxygen atoms in total. The number of sulfone groups is 1. The molecule has 0 aliphatic carbocycles. The van der Waals surface area contributed by atoms with Gasteiger partial charge in [0.2, 0.25) is 5.91 Å². The van der Waals surface area contributed by atoms with Gasteiger partial charge in [-0.1, -0.05) is 37.3 Å². The second kappa shape index (κ2) is 8.68. The average Bonchev–Trinajstić information content (AvgIpc) is 2.66. The van der Waals surface area contributed by atoms with Crippen molar-refractivity contribution in [1.82, 2.24) is 5.32 Å². The minimum atomic E-state index is -3.71. The number of rotatable bonds is 8. The summed E-state index contributed by atoms with van der Waals surface area (Å²) in [5.41, 5.74) is 0.406. The van der Waals surface area contributed by atoms with Crippen molar-refractivity contribution in [2.24, 2.45) is 5.92 Å². The van der Waals surface area contributed by atoms with Crippen LogP contribution in [0.15, 0.2) is 59.5 Å². The topological polar surface area (TPSA) is 110 Å². The first-order valence-corrected chi connectivity index (χ1v) is 9.84. The Morgan fingerprint density at radius 2 is 1.67 bits per heavy atom. The highest BCUT2D eigenvalue weighted by Gasteiger charge is 2.28. The summed E-state index contributed by atoms with van der Waals surface area (Å²) in [5, 5.41) is 11.8. The van der Waals surface area contributed by atoms with E-state index in [0.29, 0.717) is 11.3 Å². The fourth-order valence-electron chi connectivity index (χ4n) is 2.50. The number of methoxy groups -OCH3 is 1. The van der Waals surface area contributed by atoms with Crippen LogP contribution in [-0.2, 0) is 19.4 Å². The van der Waals surface area contributed by atoms with Gasteiger partial charge in [-0.05, 0) is 29.8 Å². The van der Waals surface area contributed by atoms with Gasteiger partial charge in [-0.2, -0.15) is 0 Å². The van der Waals surface area contributed by atoms with Crippen molar-refractivity contribution in [2.45, 2.75) is 17.9 Å². The summed E-state index contributed by atoms with van der Waals surface area (Å²) in [5.74, 6) is -2.72. The summed E-state index contributed by atoms with van der Waals surface area (Å²) in [6.45, 7) is 1.44. The molecule has 0 spiro atoms. The maximum Gasteiger partial charge on any atom is 0.330 e. The van der Waals surface area contributed by atoms with Crippen LogP contribution in [0.4, 0.5) is 0 Å². The van der Waals surface area contributed by atoms with E-state index in [1.807, 2.05) is 0 Å². The highest BCUT2D eigenvalue weighted by Crippen LogP contribution is 2.19. The Balaban J connectivity index is 2.10. The molecule has 144 valence electrons. The van der Waals surface area contributed by atoms with E-state index < -0.39 is 39.4 Å². The molecular weight excluding hydrogens is 370 g/mol. The second-order valence-corrected chi connectivity index (χ2v) is 8.08. The Bertz CT molecular complexity index is 894. The molecule has 0 fully saturated rings. The van der Waals surface area contributed by atoms with Gasteiger partial charge >= 0.3 is 5.97 Å². The molecule has 0 bridgehead atoms. The Hall–Kier alpha value is -2.87. The quantitative estimate of drug-likeness (QED) is 0.713. The summed E-state index contributed by atoms with van der Waals surface area (Å²) in [6, 6.07) is 12.8. The van der Waals surface area contributed by atoms with Gasteiger partial charge in [-0.3, -0.25) is 4.79 Å². The van der Waals surface area contributed by atoms with E-state index in [1.165, 1.54) is 38.3 Å². The van der Waals surface area contributed by atoms with Crippen molar-refractivity contribution in [3.63, 3.8) is 0 Å². The molecule has 0 aliphatic heterocycles. The molecule has 1 amide bonds. The summed E-state index contributed by atoms with van der Waals surface area (Å²) < 4.78 is 30.0. The number of aliphatic carboxylic acids is 1.